The van der Waals surface area contributed by atoms with Crippen molar-refractivity contribution in [2.45, 2.75) is 44.6 Å². The van der Waals surface area contributed by atoms with Crippen molar-refractivity contribution in [3.8, 4) is 0 Å². The molecule has 0 aromatic rings. The van der Waals surface area contributed by atoms with Gasteiger partial charge in [0.2, 0.25) is 0 Å². The van der Waals surface area contributed by atoms with Crippen LogP contribution < -0.4 is 0 Å². The Labute approximate surface area is 78.4 Å². The van der Waals surface area contributed by atoms with Crippen LogP contribution in [0.15, 0.2) is 5.16 Å². The van der Waals surface area contributed by atoms with Crippen LogP contribution in [-0.4, -0.2) is 22.1 Å². The Bertz CT molecular complexity index is 215. The highest BCUT2D eigenvalue weighted by atomic mass is 16.4. The van der Waals surface area contributed by atoms with Crippen LogP contribution in [0.25, 0.3) is 0 Å². The zero-order valence-electron chi connectivity index (χ0n) is 7.82. The van der Waals surface area contributed by atoms with Crippen LogP contribution in [-0.2, 0) is 0 Å². The Morgan fingerprint density at radius 1 is 1.15 bits per heavy atom. The summed E-state index contributed by atoms with van der Waals surface area (Å²) in [5, 5.41) is 21.5. The first kappa shape index (κ1) is 9.00. The van der Waals surface area contributed by atoms with Gasteiger partial charge in [0.25, 0.3) is 0 Å². The Kier molecular flexibility index (Phi) is 2.54. The van der Waals surface area contributed by atoms with E-state index in [0.717, 1.165) is 50.2 Å². The summed E-state index contributed by atoms with van der Waals surface area (Å²) in [7, 11) is 0. The van der Waals surface area contributed by atoms with Crippen LogP contribution in [0.1, 0.15) is 38.5 Å². The molecular formula is C10H17NO2. The minimum atomic E-state index is -0.112. The van der Waals surface area contributed by atoms with E-state index in [1.807, 2.05) is 0 Å². The van der Waals surface area contributed by atoms with Crippen LogP contribution in [0.3, 0.4) is 0 Å². The third-order valence-corrected chi connectivity index (χ3v) is 3.56. The van der Waals surface area contributed by atoms with Crippen molar-refractivity contribution in [1.82, 2.24) is 0 Å². The first-order valence-electron chi connectivity index (χ1n) is 5.17. The number of rotatable bonds is 0. The molecule has 0 heterocycles. The van der Waals surface area contributed by atoms with Crippen LogP contribution in [0.5, 0.6) is 0 Å². The van der Waals surface area contributed by atoms with Crippen molar-refractivity contribution < 1.29 is 10.3 Å². The molecule has 0 radical (unpaired) electrons. The Morgan fingerprint density at radius 2 is 2.00 bits per heavy atom. The lowest BCUT2D eigenvalue weighted by Crippen LogP contribution is -2.33. The lowest BCUT2D eigenvalue weighted by Gasteiger charge is -2.37. The van der Waals surface area contributed by atoms with Gasteiger partial charge in [-0.05, 0) is 50.4 Å². The summed E-state index contributed by atoms with van der Waals surface area (Å²) in [6.07, 6.45) is 5.92. The maximum atomic E-state index is 9.50. The molecular weight excluding hydrogens is 166 g/mol. The van der Waals surface area contributed by atoms with Gasteiger partial charge < -0.3 is 10.3 Å². The normalized spacial score (nSPS) is 43.2. The van der Waals surface area contributed by atoms with E-state index in [9.17, 15) is 5.11 Å². The number of oxime groups is 1. The Morgan fingerprint density at radius 3 is 2.77 bits per heavy atom. The van der Waals surface area contributed by atoms with Crippen LogP contribution >= 0.6 is 0 Å². The molecule has 3 atom stereocenters. The first-order valence-corrected chi connectivity index (χ1v) is 5.17. The van der Waals surface area contributed by atoms with Gasteiger partial charge in [0.15, 0.2) is 0 Å². The van der Waals surface area contributed by atoms with Crippen molar-refractivity contribution in [3.63, 3.8) is 0 Å². The molecule has 2 saturated carbocycles. The zero-order valence-corrected chi connectivity index (χ0v) is 7.82. The molecule has 0 amide bonds. The van der Waals surface area contributed by atoms with Gasteiger partial charge in [0.05, 0.1) is 11.8 Å². The topological polar surface area (TPSA) is 52.8 Å². The molecule has 0 aromatic carbocycles. The molecule has 2 aliphatic carbocycles. The molecule has 13 heavy (non-hydrogen) atoms. The predicted molar refractivity (Wildman–Crippen MR) is 49.9 cm³/mol. The van der Waals surface area contributed by atoms with Gasteiger partial charge in [-0.25, -0.2) is 0 Å². The summed E-state index contributed by atoms with van der Waals surface area (Å²) in [6, 6.07) is 0. The van der Waals surface area contributed by atoms with Crippen molar-refractivity contribution in [2.75, 3.05) is 0 Å². The lowest BCUT2D eigenvalue weighted by atomic mass is 9.69. The minimum absolute atomic E-state index is 0.112. The second kappa shape index (κ2) is 3.66. The summed E-state index contributed by atoms with van der Waals surface area (Å²) >= 11 is 0. The maximum Gasteiger partial charge on any atom is 0.0573 e. The number of hydrogen-bond donors (Lipinski definition) is 2. The van der Waals surface area contributed by atoms with Crippen molar-refractivity contribution >= 4 is 5.71 Å². The number of nitrogens with zero attached hydrogens (tertiary/aromatic N) is 1. The molecule has 2 fully saturated rings. The summed E-state index contributed by atoms with van der Waals surface area (Å²) < 4.78 is 0. The fourth-order valence-electron chi connectivity index (χ4n) is 2.78. The lowest BCUT2D eigenvalue weighted by molar-refractivity contribution is 0.0638. The standard InChI is InChI=1S/C10H17NO2/c12-10-4-2-7-1-3-9(11-13)5-8(7)6-10/h7-8,10,12-13H,1-6H2/b11-9-. The highest BCUT2D eigenvalue weighted by Gasteiger charge is 2.33. The molecule has 2 aliphatic rings. The van der Waals surface area contributed by atoms with Gasteiger partial charge in [-0.3, -0.25) is 0 Å². The minimum Gasteiger partial charge on any atom is -0.411 e. The van der Waals surface area contributed by atoms with E-state index in [2.05, 4.69) is 5.16 Å². The number of fused-ring (bicyclic) bond motifs is 1. The van der Waals surface area contributed by atoms with E-state index in [4.69, 9.17) is 5.21 Å². The molecule has 0 saturated heterocycles. The SMILES string of the molecule is O/N=C1/CCC2CCC(O)CC2C1. The Balaban J connectivity index is 1.99. The number of aliphatic hydroxyl groups excluding tert-OH is 1. The molecule has 3 heteroatoms. The van der Waals surface area contributed by atoms with E-state index in [1.165, 1.54) is 0 Å². The van der Waals surface area contributed by atoms with Crippen molar-refractivity contribution in [3.05, 3.63) is 0 Å². The van der Waals surface area contributed by atoms with Crippen molar-refractivity contribution in [1.29, 1.82) is 0 Å². The van der Waals surface area contributed by atoms with E-state index < -0.39 is 0 Å². The second-order valence-corrected chi connectivity index (χ2v) is 4.40. The van der Waals surface area contributed by atoms with E-state index in [1.54, 1.807) is 0 Å². The predicted octanol–water partition coefficient (Wildman–Crippen LogP) is 1.78. The summed E-state index contributed by atoms with van der Waals surface area (Å²) in [4.78, 5) is 0. The molecule has 3 nitrogen and oxygen atoms in total. The molecule has 2 rings (SSSR count). The molecule has 0 spiro atoms. The number of aliphatic hydroxyl groups is 1. The monoisotopic (exact) mass is 183 g/mol. The van der Waals surface area contributed by atoms with Gasteiger partial charge in [-0.15, -0.1) is 0 Å². The average Bonchev–Trinajstić information content (AvgIpc) is 2.16. The van der Waals surface area contributed by atoms with Crippen molar-refractivity contribution in [2.24, 2.45) is 17.0 Å². The summed E-state index contributed by atoms with van der Waals surface area (Å²) in [5.74, 6) is 1.34. The van der Waals surface area contributed by atoms with Crippen LogP contribution in [0.4, 0.5) is 0 Å². The highest BCUT2D eigenvalue weighted by Crippen LogP contribution is 2.39. The van der Waals surface area contributed by atoms with Gasteiger partial charge in [-0.2, -0.15) is 0 Å². The van der Waals surface area contributed by atoms with Crippen LogP contribution in [0, 0.1) is 11.8 Å². The van der Waals surface area contributed by atoms with Crippen LogP contribution in [0.2, 0.25) is 0 Å². The average molecular weight is 183 g/mol. The van der Waals surface area contributed by atoms with Gasteiger partial charge in [0, 0.05) is 0 Å². The van der Waals surface area contributed by atoms with Gasteiger partial charge in [-0.1, -0.05) is 5.16 Å². The smallest absolute Gasteiger partial charge is 0.0573 e. The molecule has 0 aliphatic heterocycles. The second-order valence-electron chi connectivity index (χ2n) is 4.40. The van der Waals surface area contributed by atoms with E-state index in [-0.39, 0.29) is 6.10 Å². The third-order valence-electron chi connectivity index (χ3n) is 3.56. The number of hydrogen-bond acceptors (Lipinski definition) is 3. The largest absolute Gasteiger partial charge is 0.411 e. The molecule has 2 N–H and O–H groups in total. The molecule has 0 bridgehead atoms. The summed E-state index contributed by atoms with van der Waals surface area (Å²) in [6.45, 7) is 0. The third kappa shape index (κ3) is 1.85. The molecule has 74 valence electrons. The fourth-order valence-corrected chi connectivity index (χ4v) is 2.78. The quantitative estimate of drug-likeness (QED) is 0.444. The zero-order chi connectivity index (χ0) is 9.26. The fraction of sp³-hybridized carbons (Fsp3) is 0.900. The van der Waals surface area contributed by atoms with Gasteiger partial charge in [0.1, 0.15) is 0 Å². The van der Waals surface area contributed by atoms with Gasteiger partial charge >= 0.3 is 0 Å². The highest BCUT2D eigenvalue weighted by molar-refractivity contribution is 5.84. The first-order chi connectivity index (χ1) is 6.29. The van der Waals surface area contributed by atoms with E-state index in [0.29, 0.717) is 5.92 Å². The molecule has 3 unspecified atom stereocenters. The molecule has 0 aromatic heterocycles. The summed E-state index contributed by atoms with van der Waals surface area (Å²) in [5.41, 5.74) is 0.926. The van der Waals surface area contributed by atoms with E-state index >= 15 is 0 Å². The maximum absolute atomic E-state index is 9.50. The Hall–Kier alpha value is -0.570.